The van der Waals surface area contributed by atoms with Crippen molar-refractivity contribution in [3.63, 3.8) is 0 Å². The van der Waals surface area contributed by atoms with Crippen LogP contribution in [0.2, 0.25) is 0 Å². The lowest BCUT2D eigenvalue weighted by molar-refractivity contribution is -0.133. The first kappa shape index (κ1) is 12.9. The lowest BCUT2D eigenvalue weighted by atomic mass is 10.0. The minimum atomic E-state index is -0.360. The van der Waals surface area contributed by atoms with Crippen LogP contribution in [0.3, 0.4) is 0 Å². The van der Waals surface area contributed by atoms with Gasteiger partial charge in [-0.25, -0.2) is 0 Å². The maximum Gasteiger partial charge on any atom is 0.309 e. The number of esters is 1. The number of likely N-dealkylation sites (N-methyl/N-ethyl adjacent to an activating group) is 1. The molecule has 0 aromatic heterocycles. The van der Waals surface area contributed by atoms with Crippen molar-refractivity contribution in [2.75, 3.05) is 7.05 Å². The summed E-state index contributed by atoms with van der Waals surface area (Å²) in [4.78, 5) is 24.5. The van der Waals surface area contributed by atoms with Crippen molar-refractivity contribution in [2.45, 2.75) is 51.1 Å². The molecule has 0 aliphatic carbocycles. The summed E-state index contributed by atoms with van der Waals surface area (Å²) < 4.78 is 4.97. The monoisotopic (exact) mass is 253 g/mol. The highest BCUT2D eigenvalue weighted by Crippen LogP contribution is 2.22. The van der Waals surface area contributed by atoms with Crippen LogP contribution in [0.4, 0.5) is 0 Å². The molecule has 6 nitrogen and oxygen atoms in total. The van der Waals surface area contributed by atoms with Crippen molar-refractivity contribution in [1.29, 1.82) is 0 Å². The highest BCUT2D eigenvalue weighted by molar-refractivity contribution is 5.89. The van der Waals surface area contributed by atoms with Gasteiger partial charge in [0, 0.05) is 26.8 Å². The second kappa shape index (κ2) is 5.37. The molecule has 0 aromatic rings. The maximum absolute atomic E-state index is 11.8. The molecule has 1 amide bonds. The molecule has 0 aromatic carbocycles. The van der Waals surface area contributed by atoms with E-state index in [9.17, 15) is 9.59 Å². The summed E-state index contributed by atoms with van der Waals surface area (Å²) in [5.74, 6) is 0.235. The van der Waals surface area contributed by atoms with E-state index in [2.05, 4.69) is 10.5 Å². The molecular formula is C12H19N3O3. The number of nitrogens with zero attached hydrogens (tertiary/aromatic N) is 2. The normalized spacial score (nSPS) is 28.4. The van der Waals surface area contributed by atoms with Gasteiger partial charge in [-0.2, -0.15) is 0 Å². The van der Waals surface area contributed by atoms with Crippen LogP contribution in [-0.2, 0) is 14.3 Å². The number of ether oxygens (including phenoxy) is 1. The summed E-state index contributed by atoms with van der Waals surface area (Å²) in [5, 5.41) is 4.01. The lowest BCUT2D eigenvalue weighted by Gasteiger charge is -2.30. The topological polar surface area (TPSA) is 71.0 Å². The Labute approximate surface area is 106 Å². The first-order valence-electron chi connectivity index (χ1n) is 6.34. The van der Waals surface area contributed by atoms with E-state index in [4.69, 9.17) is 4.74 Å². The number of likely N-dealkylation sites (tertiary alicyclic amines) is 1. The zero-order chi connectivity index (χ0) is 13.1. The van der Waals surface area contributed by atoms with Gasteiger partial charge in [0.1, 0.15) is 0 Å². The summed E-state index contributed by atoms with van der Waals surface area (Å²) in [6, 6.07) is 0.170. The molecule has 6 heteroatoms. The molecule has 1 fully saturated rings. The van der Waals surface area contributed by atoms with Gasteiger partial charge < -0.3 is 15.1 Å². The van der Waals surface area contributed by atoms with Crippen LogP contribution in [-0.4, -0.2) is 41.8 Å². The van der Waals surface area contributed by atoms with Gasteiger partial charge in [0.15, 0.2) is 0 Å². The summed E-state index contributed by atoms with van der Waals surface area (Å²) in [5.41, 5.74) is 2.98. The number of rotatable bonds is 1. The zero-order valence-electron chi connectivity index (χ0n) is 10.8. The number of carbonyl (C=O) groups is 2. The van der Waals surface area contributed by atoms with Crippen LogP contribution < -0.4 is 5.43 Å². The van der Waals surface area contributed by atoms with Gasteiger partial charge in [0.05, 0.1) is 12.1 Å². The van der Waals surface area contributed by atoms with Crippen molar-refractivity contribution >= 4 is 17.8 Å². The molecule has 2 aliphatic rings. The molecule has 1 saturated heterocycles. The van der Waals surface area contributed by atoms with Crippen LogP contribution in [0, 0.1) is 0 Å². The average Bonchev–Trinajstić information content (AvgIpc) is 2.68. The molecule has 2 unspecified atom stereocenters. The van der Waals surface area contributed by atoms with Gasteiger partial charge >= 0.3 is 5.97 Å². The lowest BCUT2D eigenvalue weighted by Crippen LogP contribution is -2.47. The Morgan fingerprint density at radius 3 is 3.00 bits per heavy atom. The van der Waals surface area contributed by atoms with E-state index in [1.807, 2.05) is 7.05 Å². The largest absolute Gasteiger partial charge is 0.410 e. The molecule has 2 rings (SSSR count). The second-order valence-corrected chi connectivity index (χ2v) is 4.86. The summed E-state index contributed by atoms with van der Waals surface area (Å²) in [7, 11) is 1.84. The van der Waals surface area contributed by atoms with Gasteiger partial charge in [-0.15, -0.1) is 5.10 Å². The number of hydrogen-bond acceptors (Lipinski definition) is 5. The van der Waals surface area contributed by atoms with Crippen molar-refractivity contribution < 1.29 is 14.3 Å². The Kier molecular flexibility index (Phi) is 3.84. The Bertz CT molecular complexity index is 381. The molecule has 0 spiro atoms. The maximum atomic E-state index is 11.8. The highest BCUT2D eigenvalue weighted by atomic mass is 16.5. The van der Waals surface area contributed by atoms with Gasteiger partial charge in [-0.05, 0) is 12.8 Å². The van der Waals surface area contributed by atoms with Gasteiger partial charge in [-0.3, -0.25) is 9.59 Å². The van der Waals surface area contributed by atoms with Crippen LogP contribution >= 0.6 is 0 Å². The Balaban J connectivity index is 1.96. The fraction of sp³-hybridized carbons (Fsp3) is 0.750. The standard InChI is InChI=1S/C12H19N3O3/c1-8(16)18-11-7-9(13-14-11)10-5-3-4-6-12(17)15(10)2/h9-10,13H,3-7H2,1-2H3. The molecule has 18 heavy (non-hydrogen) atoms. The Morgan fingerprint density at radius 2 is 2.28 bits per heavy atom. The number of hydrogen-bond donors (Lipinski definition) is 1. The smallest absolute Gasteiger partial charge is 0.309 e. The predicted molar refractivity (Wildman–Crippen MR) is 65.8 cm³/mol. The number of nitrogens with one attached hydrogen (secondary N) is 1. The number of amides is 1. The van der Waals surface area contributed by atoms with Gasteiger partial charge in [-0.1, -0.05) is 6.42 Å². The molecule has 1 N–H and O–H groups in total. The summed E-state index contributed by atoms with van der Waals surface area (Å²) in [6.45, 7) is 1.36. The minimum Gasteiger partial charge on any atom is -0.410 e. The minimum absolute atomic E-state index is 0.0476. The third kappa shape index (κ3) is 2.80. The molecule has 0 saturated carbocycles. The third-order valence-corrected chi connectivity index (χ3v) is 3.51. The van der Waals surface area contributed by atoms with E-state index >= 15 is 0 Å². The fourth-order valence-electron chi connectivity index (χ4n) is 2.54. The number of hydrazone groups is 1. The second-order valence-electron chi connectivity index (χ2n) is 4.86. The fourth-order valence-corrected chi connectivity index (χ4v) is 2.54. The van der Waals surface area contributed by atoms with Crippen molar-refractivity contribution in [3.05, 3.63) is 0 Å². The quantitative estimate of drug-likeness (QED) is 0.696. The summed E-state index contributed by atoms with van der Waals surface area (Å²) >= 11 is 0. The first-order chi connectivity index (χ1) is 8.58. The van der Waals surface area contributed by atoms with Gasteiger partial charge in [0.2, 0.25) is 11.8 Å². The van der Waals surface area contributed by atoms with Gasteiger partial charge in [0.25, 0.3) is 0 Å². The van der Waals surface area contributed by atoms with E-state index in [1.54, 1.807) is 4.90 Å². The van der Waals surface area contributed by atoms with Crippen LogP contribution in [0.1, 0.15) is 39.0 Å². The summed E-state index contributed by atoms with van der Waals surface area (Å²) in [6.07, 6.45) is 4.13. The van der Waals surface area contributed by atoms with Crippen LogP contribution in [0.5, 0.6) is 0 Å². The third-order valence-electron chi connectivity index (χ3n) is 3.51. The molecule has 0 bridgehead atoms. The molecule has 100 valence electrons. The van der Waals surface area contributed by atoms with E-state index in [0.717, 1.165) is 19.3 Å². The Morgan fingerprint density at radius 1 is 1.50 bits per heavy atom. The van der Waals surface area contributed by atoms with E-state index in [0.29, 0.717) is 18.7 Å². The van der Waals surface area contributed by atoms with Crippen molar-refractivity contribution in [1.82, 2.24) is 10.3 Å². The zero-order valence-corrected chi connectivity index (χ0v) is 10.8. The van der Waals surface area contributed by atoms with Crippen LogP contribution in [0.25, 0.3) is 0 Å². The molecule has 2 atom stereocenters. The molecule has 0 radical (unpaired) electrons. The van der Waals surface area contributed by atoms with E-state index in [1.165, 1.54) is 6.92 Å². The number of carbonyl (C=O) groups excluding carboxylic acids is 2. The first-order valence-corrected chi connectivity index (χ1v) is 6.34. The molecule has 2 aliphatic heterocycles. The van der Waals surface area contributed by atoms with E-state index in [-0.39, 0.29) is 24.0 Å². The SMILES string of the molecule is CC(=O)OC1=NNC(C2CCCCC(=O)N2C)C1. The molecular weight excluding hydrogens is 234 g/mol. The predicted octanol–water partition coefficient (Wildman–Crippen LogP) is 0.626. The van der Waals surface area contributed by atoms with Crippen molar-refractivity contribution in [2.24, 2.45) is 5.10 Å². The molecule has 2 heterocycles. The van der Waals surface area contributed by atoms with Crippen LogP contribution in [0.15, 0.2) is 5.10 Å². The highest BCUT2D eigenvalue weighted by Gasteiger charge is 2.34. The average molecular weight is 253 g/mol. The van der Waals surface area contributed by atoms with E-state index < -0.39 is 0 Å². The van der Waals surface area contributed by atoms with Crippen molar-refractivity contribution in [3.8, 4) is 0 Å². The Hall–Kier alpha value is -1.59.